The number of carbonyl (C=O) groups excluding carboxylic acids is 2. The summed E-state index contributed by atoms with van der Waals surface area (Å²) >= 11 is 0. The van der Waals surface area contributed by atoms with E-state index in [4.69, 9.17) is 0 Å². The monoisotopic (exact) mass is 276 g/mol. The van der Waals surface area contributed by atoms with E-state index in [9.17, 15) is 19.8 Å². The minimum atomic E-state index is -1.55. The lowest BCUT2D eigenvalue weighted by Crippen LogP contribution is -2.69. The molecule has 4 heteroatoms. The van der Waals surface area contributed by atoms with Crippen molar-refractivity contribution in [2.75, 3.05) is 0 Å². The van der Waals surface area contributed by atoms with Gasteiger partial charge in [0.2, 0.25) is 0 Å². The molecule has 0 radical (unpaired) electrons. The average molecular weight is 276 g/mol. The van der Waals surface area contributed by atoms with Gasteiger partial charge in [-0.1, -0.05) is 18.2 Å². The molecule has 0 aromatic carbocycles. The smallest absolute Gasteiger partial charge is 0.189 e. The molecule has 0 saturated heterocycles. The summed E-state index contributed by atoms with van der Waals surface area (Å²) in [6.07, 6.45) is 5.42. The predicted molar refractivity (Wildman–Crippen MR) is 72.7 cm³/mol. The van der Waals surface area contributed by atoms with E-state index in [1.807, 2.05) is 6.08 Å². The highest BCUT2D eigenvalue weighted by Gasteiger charge is 2.67. The molecule has 2 bridgehead atoms. The van der Waals surface area contributed by atoms with Crippen molar-refractivity contribution in [3.63, 3.8) is 0 Å². The van der Waals surface area contributed by atoms with Gasteiger partial charge in [-0.2, -0.15) is 0 Å². The highest BCUT2D eigenvalue weighted by molar-refractivity contribution is 6.04. The van der Waals surface area contributed by atoms with Crippen molar-refractivity contribution in [2.45, 2.75) is 38.9 Å². The summed E-state index contributed by atoms with van der Waals surface area (Å²) in [5.74, 6) is -1.80. The third-order valence-corrected chi connectivity index (χ3v) is 5.61. The topological polar surface area (TPSA) is 74.6 Å². The van der Waals surface area contributed by atoms with Crippen LogP contribution in [-0.2, 0) is 9.59 Å². The Bertz CT molecular complexity index is 581. The maximum Gasteiger partial charge on any atom is 0.189 e. The summed E-state index contributed by atoms with van der Waals surface area (Å²) in [7, 11) is 0. The fourth-order valence-electron chi connectivity index (χ4n) is 4.46. The van der Waals surface area contributed by atoms with Crippen LogP contribution in [0.4, 0.5) is 0 Å². The van der Waals surface area contributed by atoms with Gasteiger partial charge in [-0.15, -0.1) is 0 Å². The second-order valence-corrected chi connectivity index (χ2v) is 7.02. The molecule has 0 heterocycles. The highest BCUT2D eigenvalue weighted by atomic mass is 16.3. The van der Waals surface area contributed by atoms with E-state index in [1.54, 1.807) is 26.0 Å². The van der Waals surface area contributed by atoms with Crippen LogP contribution in [0.3, 0.4) is 0 Å². The van der Waals surface area contributed by atoms with Gasteiger partial charge >= 0.3 is 0 Å². The van der Waals surface area contributed by atoms with Crippen LogP contribution in [0, 0.1) is 23.2 Å². The van der Waals surface area contributed by atoms with Gasteiger partial charge < -0.3 is 10.2 Å². The molecule has 0 aliphatic heterocycles. The number of ketones is 2. The molecule has 1 saturated carbocycles. The summed E-state index contributed by atoms with van der Waals surface area (Å²) < 4.78 is 0. The van der Waals surface area contributed by atoms with E-state index in [0.717, 1.165) is 0 Å². The summed E-state index contributed by atoms with van der Waals surface area (Å²) in [5, 5.41) is 21.3. The molecule has 0 aromatic heterocycles. The van der Waals surface area contributed by atoms with Gasteiger partial charge in [0.1, 0.15) is 11.2 Å². The number of allylic oxidation sites excluding steroid dienone is 2. The second kappa shape index (κ2) is 3.49. The summed E-state index contributed by atoms with van der Waals surface area (Å²) in [6.45, 7) is 6.44. The number of carbonyl (C=O) groups is 2. The van der Waals surface area contributed by atoms with Crippen LogP contribution in [0.2, 0.25) is 0 Å². The van der Waals surface area contributed by atoms with Gasteiger partial charge in [0.05, 0.1) is 5.41 Å². The Balaban J connectivity index is 2.27. The zero-order valence-electron chi connectivity index (χ0n) is 12.2. The minimum Gasteiger partial charge on any atom is -0.382 e. The number of fused-ring (bicyclic) bond motifs is 1. The normalized spacial score (nSPS) is 53.9. The molecule has 0 spiro atoms. The van der Waals surface area contributed by atoms with Crippen molar-refractivity contribution in [2.24, 2.45) is 23.2 Å². The average Bonchev–Trinajstić information content (AvgIpc) is 2.35. The Labute approximate surface area is 118 Å². The molecule has 108 valence electrons. The van der Waals surface area contributed by atoms with Crippen LogP contribution in [0.25, 0.3) is 0 Å². The van der Waals surface area contributed by atoms with E-state index in [-0.39, 0.29) is 17.5 Å². The molecular weight excluding hydrogens is 256 g/mol. The maximum atomic E-state index is 12.6. The van der Waals surface area contributed by atoms with Crippen molar-refractivity contribution in [1.29, 1.82) is 0 Å². The Morgan fingerprint density at radius 3 is 2.25 bits per heavy atom. The number of Topliss-reactive ketones (excluding diaryl/α,β-unsaturated/α-hetero) is 2. The molecule has 4 nitrogen and oxygen atoms in total. The molecule has 0 unspecified atom stereocenters. The van der Waals surface area contributed by atoms with Gasteiger partial charge in [0.25, 0.3) is 0 Å². The molecule has 1 fully saturated rings. The third kappa shape index (κ3) is 1.29. The van der Waals surface area contributed by atoms with Crippen LogP contribution in [0.1, 0.15) is 27.7 Å². The largest absolute Gasteiger partial charge is 0.382 e. The first-order chi connectivity index (χ1) is 9.04. The molecule has 0 aromatic rings. The van der Waals surface area contributed by atoms with Gasteiger partial charge in [-0.05, 0) is 33.3 Å². The Hall–Kier alpha value is -1.26. The Kier molecular flexibility index (Phi) is 2.39. The molecule has 0 amide bonds. The highest BCUT2D eigenvalue weighted by Crippen LogP contribution is 2.59. The summed E-state index contributed by atoms with van der Waals surface area (Å²) in [4.78, 5) is 24.9. The standard InChI is InChI=1S/C16H20O4/c1-8-7-10-11(16(4,20)12(8)17)9-5-6-14(10,2)13(18)15(9,3)19/h5-7,9-11,19-20H,1-4H3/t9-,10-,11-,14+,15+,16-/m1/s1. The zero-order valence-corrected chi connectivity index (χ0v) is 12.2. The number of hydrogen-bond donors (Lipinski definition) is 2. The van der Waals surface area contributed by atoms with Crippen LogP contribution in [0.5, 0.6) is 0 Å². The summed E-state index contributed by atoms with van der Waals surface area (Å²) in [5.41, 5.74) is -3.46. The zero-order chi connectivity index (χ0) is 15.1. The molecule has 4 rings (SSSR count). The molecule has 20 heavy (non-hydrogen) atoms. The van der Waals surface area contributed by atoms with Crippen molar-refractivity contribution < 1.29 is 19.8 Å². The van der Waals surface area contributed by atoms with Crippen molar-refractivity contribution >= 4 is 11.6 Å². The molecule has 6 atom stereocenters. The van der Waals surface area contributed by atoms with Crippen molar-refractivity contribution in [1.82, 2.24) is 0 Å². The van der Waals surface area contributed by atoms with Crippen LogP contribution >= 0.6 is 0 Å². The first kappa shape index (κ1) is 13.7. The lowest BCUT2D eigenvalue weighted by Gasteiger charge is -2.59. The lowest BCUT2D eigenvalue weighted by atomic mass is 9.44. The number of rotatable bonds is 0. The Morgan fingerprint density at radius 2 is 1.65 bits per heavy atom. The van der Waals surface area contributed by atoms with Crippen LogP contribution in [0.15, 0.2) is 23.8 Å². The van der Waals surface area contributed by atoms with Gasteiger partial charge in [0.15, 0.2) is 11.6 Å². The van der Waals surface area contributed by atoms with Crippen LogP contribution < -0.4 is 0 Å². The third-order valence-electron chi connectivity index (χ3n) is 5.61. The maximum absolute atomic E-state index is 12.6. The first-order valence-electron chi connectivity index (χ1n) is 6.97. The quantitative estimate of drug-likeness (QED) is 0.648. The van der Waals surface area contributed by atoms with Gasteiger partial charge in [0, 0.05) is 17.8 Å². The van der Waals surface area contributed by atoms with E-state index in [0.29, 0.717) is 5.57 Å². The van der Waals surface area contributed by atoms with Gasteiger partial charge in [-0.25, -0.2) is 0 Å². The van der Waals surface area contributed by atoms with E-state index < -0.39 is 28.5 Å². The predicted octanol–water partition coefficient (Wildman–Crippen LogP) is 1.02. The van der Waals surface area contributed by atoms with E-state index >= 15 is 0 Å². The molecule has 2 N–H and O–H groups in total. The molecule has 4 aliphatic carbocycles. The minimum absolute atomic E-state index is 0.229. The number of aliphatic hydroxyl groups is 2. The van der Waals surface area contributed by atoms with E-state index in [1.165, 1.54) is 13.8 Å². The molecular formula is C16H20O4. The van der Waals surface area contributed by atoms with Crippen molar-refractivity contribution in [3.05, 3.63) is 23.8 Å². The molecule has 4 aliphatic rings. The van der Waals surface area contributed by atoms with E-state index in [2.05, 4.69) is 0 Å². The first-order valence-corrected chi connectivity index (χ1v) is 6.97. The van der Waals surface area contributed by atoms with Crippen LogP contribution in [-0.4, -0.2) is 33.0 Å². The fraction of sp³-hybridized carbons (Fsp3) is 0.625. The fourth-order valence-corrected chi connectivity index (χ4v) is 4.46. The Morgan fingerprint density at radius 1 is 1.05 bits per heavy atom. The summed E-state index contributed by atoms with van der Waals surface area (Å²) in [6, 6.07) is 0. The van der Waals surface area contributed by atoms with Crippen molar-refractivity contribution in [3.8, 4) is 0 Å². The lowest BCUT2D eigenvalue weighted by molar-refractivity contribution is -0.185. The SMILES string of the molecule is CC1=C[C@@H]2[C@@H]([C@H]3C=C[C@]2(C)C(=O)[C@@]3(C)O)[C@@](C)(O)C1=O. The van der Waals surface area contributed by atoms with Gasteiger partial charge in [-0.3, -0.25) is 9.59 Å². The number of hydrogen-bond acceptors (Lipinski definition) is 4. The second-order valence-electron chi connectivity index (χ2n) is 7.02.